The number of carbonyl (C=O) groups is 2. The molecule has 3 aliphatic rings. The molecule has 2 aromatic rings. The van der Waals surface area contributed by atoms with Crippen molar-refractivity contribution in [3.63, 3.8) is 0 Å². The van der Waals surface area contributed by atoms with Crippen molar-refractivity contribution in [3.8, 4) is 0 Å². The molecule has 32 heavy (non-hydrogen) atoms. The average Bonchev–Trinajstić information content (AvgIpc) is 2.77. The number of carbonyl (C=O) groups excluding carboxylic acids is 2. The molecule has 5 rings (SSSR count). The average molecular weight is 533 g/mol. The lowest BCUT2D eigenvalue weighted by atomic mass is 9.70. The highest BCUT2D eigenvalue weighted by molar-refractivity contribution is 9.10. The molecule has 3 N–H and O–H groups in total. The fourth-order valence-corrected chi connectivity index (χ4v) is 6.59. The molecule has 1 saturated heterocycles. The highest BCUT2D eigenvalue weighted by Crippen LogP contribution is 2.44. The predicted molar refractivity (Wildman–Crippen MR) is 131 cm³/mol. The molecular formula is C24H23BrClN3O2S. The zero-order valence-corrected chi connectivity index (χ0v) is 20.4. The molecule has 5 nitrogen and oxygen atoms in total. The number of nitrogens with one attached hydrogen (secondary N) is 3. The highest BCUT2D eigenvalue weighted by Gasteiger charge is 2.49. The van der Waals surface area contributed by atoms with E-state index in [1.165, 1.54) is 0 Å². The second kappa shape index (κ2) is 9.21. The van der Waals surface area contributed by atoms with Gasteiger partial charge >= 0.3 is 0 Å². The lowest BCUT2D eigenvalue weighted by molar-refractivity contribution is -0.130. The lowest BCUT2D eigenvalue weighted by Gasteiger charge is -2.47. The Bertz CT molecular complexity index is 1110. The minimum absolute atomic E-state index is 0.0483. The zero-order chi connectivity index (χ0) is 22.2. The number of hydrogen-bond acceptors (Lipinski definition) is 5. The van der Waals surface area contributed by atoms with Crippen LogP contribution >= 0.6 is 39.3 Å². The Kier molecular flexibility index (Phi) is 6.34. The van der Waals surface area contributed by atoms with Gasteiger partial charge < -0.3 is 10.6 Å². The minimum atomic E-state index is -0.415. The van der Waals surface area contributed by atoms with E-state index in [0.717, 1.165) is 44.7 Å². The van der Waals surface area contributed by atoms with Crippen LogP contribution in [0, 0.1) is 5.92 Å². The van der Waals surface area contributed by atoms with Crippen LogP contribution in [0.3, 0.4) is 0 Å². The number of halogens is 2. The number of thioether (sulfide) groups is 1. The summed E-state index contributed by atoms with van der Waals surface area (Å²) in [5.41, 5.74) is 3.51. The van der Waals surface area contributed by atoms with E-state index in [0.29, 0.717) is 12.2 Å². The van der Waals surface area contributed by atoms with Crippen LogP contribution in [0.5, 0.6) is 0 Å². The molecule has 1 fully saturated rings. The number of benzene rings is 2. The fourth-order valence-electron chi connectivity index (χ4n) is 4.85. The molecule has 0 bridgehead atoms. The van der Waals surface area contributed by atoms with Crippen molar-refractivity contribution in [1.29, 1.82) is 0 Å². The summed E-state index contributed by atoms with van der Waals surface area (Å²) in [6, 6.07) is 15.7. The summed E-state index contributed by atoms with van der Waals surface area (Å²) in [4.78, 5) is 26.3. The first-order valence-electron chi connectivity index (χ1n) is 10.7. The van der Waals surface area contributed by atoms with Gasteiger partial charge in [0.1, 0.15) is 5.50 Å². The first-order chi connectivity index (χ1) is 15.5. The Labute approximate surface area is 204 Å². The topological polar surface area (TPSA) is 70.2 Å². The fraction of sp³-hybridized carbons (Fsp3) is 0.333. The second-order valence-corrected chi connectivity index (χ2v) is 10.7. The van der Waals surface area contributed by atoms with Gasteiger partial charge in [0, 0.05) is 38.9 Å². The van der Waals surface area contributed by atoms with Crippen LogP contribution in [-0.4, -0.2) is 23.4 Å². The van der Waals surface area contributed by atoms with Gasteiger partial charge in [-0.1, -0.05) is 57.9 Å². The van der Waals surface area contributed by atoms with Crippen molar-refractivity contribution in [1.82, 2.24) is 16.0 Å². The van der Waals surface area contributed by atoms with Gasteiger partial charge in [-0.05, 0) is 42.2 Å². The summed E-state index contributed by atoms with van der Waals surface area (Å²) < 4.78 is 0.938. The Hall–Kier alpha value is -1.80. The molecule has 0 saturated carbocycles. The molecule has 0 radical (unpaired) electrons. The van der Waals surface area contributed by atoms with Crippen LogP contribution < -0.4 is 16.0 Å². The maximum absolute atomic E-state index is 13.4. The van der Waals surface area contributed by atoms with Crippen LogP contribution in [0.4, 0.5) is 0 Å². The molecule has 2 heterocycles. The van der Waals surface area contributed by atoms with Crippen molar-refractivity contribution in [2.75, 3.05) is 0 Å². The van der Waals surface area contributed by atoms with Crippen molar-refractivity contribution >= 4 is 51.0 Å². The van der Waals surface area contributed by atoms with Crippen molar-refractivity contribution in [2.45, 2.75) is 42.6 Å². The monoisotopic (exact) mass is 531 g/mol. The number of Topliss-reactive ketones (excluding diaryl/α,β-unsaturated/α-hetero) is 1. The van der Waals surface area contributed by atoms with E-state index in [1.54, 1.807) is 11.8 Å². The van der Waals surface area contributed by atoms with Crippen molar-refractivity contribution in [3.05, 3.63) is 80.4 Å². The van der Waals surface area contributed by atoms with E-state index in [2.05, 4.69) is 31.9 Å². The number of amides is 1. The molecule has 2 aliphatic heterocycles. The van der Waals surface area contributed by atoms with Gasteiger partial charge in [0.05, 0.1) is 12.1 Å². The quantitative estimate of drug-likeness (QED) is 0.534. The molecule has 4 unspecified atom stereocenters. The first-order valence-corrected chi connectivity index (χ1v) is 12.9. The molecule has 166 valence electrons. The predicted octanol–water partition coefficient (Wildman–Crippen LogP) is 4.68. The van der Waals surface area contributed by atoms with E-state index in [1.807, 2.05) is 48.5 Å². The minimum Gasteiger partial charge on any atom is -0.372 e. The summed E-state index contributed by atoms with van der Waals surface area (Å²) in [6.07, 6.45) is 1.95. The summed E-state index contributed by atoms with van der Waals surface area (Å²) >= 11 is 11.4. The van der Waals surface area contributed by atoms with Crippen LogP contribution in [0.1, 0.15) is 36.3 Å². The summed E-state index contributed by atoms with van der Waals surface area (Å²) in [6.45, 7) is 0. The largest absolute Gasteiger partial charge is 0.372 e. The number of rotatable bonds is 4. The Morgan fingerprint density at radius 2 is 1.91 bits per heavy atom. The summed E-state index contributed by atoms with van der Waals surface area (Å²) in [5.74, 6) is 0.0834. The number of fused-ring (bicyclic) bond motifs is 1. The van der Waals surface area contributed by atoms with Crippen LogP contribution in [0.15, 0.2) is 64.3 Å². The third-order valence-corrected chi connectivity index (χ3v) is 8.22. The highest BCUT2D eigenvalue weighted by atomic mass is 79.9. The van der Waals surface area contributed by atoms with Crippen LogP contribution in [-0.2, 0) is 15.3 Å². The van der Waals surface area contributed by atoms with Crippen molar-refractivity contribution in [2.24, 2.45) is 5.92 Å². The van der Waals surface area contributed by atoms with Gasteiger partial charge in [0.25, 0.3) is 0 Å². The SMILES string of the molecule is O=C1CCCC2=C1C(c1cccc(Br)c1)C1C(=O)NC(SCc3ccccc3Cl)NC1N2. The molecule has 0 spiro atoms. The van der Waals surface area contributed by atoms with Gasteiger partial charge in [-0.15, -0.1) is 11.8 Å². The maximum atomic E-state index is 13.4. The third-order valence-electron chi connectivity index (χ3n) is 6.29. The van der Waals surface area contributed by atoms with Crippen molar-refractivity contribution < 1.29 is 9.59 Å². The van der Waals surface area contributed by atoms with E-state index >= 15 is 0 Å². The Morgan fingerprint density at radius 3 is 2.72 bits per heavy atom. The van der Waals surface area contributed by atoms with Gasteiger partial charge in [-0.3, -0.25) is 14.9 Å². The number of hydrogen-bond donors (Lipinski definition) is 3. The van der Waals surface area contributed by atoms with E-state index < -0.39 is 5.92 Å². The molecule has 1 amide bonds. The molecule has 1 aliphatic carbocycles. The molecule has 4 atom stereocenters. The van der Waals surface area contributed by atoms with Gasteiger partial charge in [-0.2, -0.15) is 0 Å². The molecule has 0 aromatic heterocycles. The van der Waals surface area contributed by atoms with Gasteiger partial charge in [0.15, 0.2) is 5.78 Å². The van der Waals surface area contributed by atoms with Crippen LogP contribution in [0.25, 0.3) is 0 Å². The maximum Gasteiger partial charge on any atom is 0.229 e. The molecule has 2 aromatic carbocycles. The lowest BCUT2D eigenvalue weighted by Crippen LogP contribution is -2.67. The zero-order valence-electron chi connectivity index (χ0n) is 17.2. The Balaban J connectivity index is 1.43. The Morgan fingerprint density at radius 1 is 1.06 bits per heavy atom. The summed E-state index contributed by atoms with van der Waals surface area (Å²) in [7, 11) is 0. The normalized spacial score (nSPS) is 27.3. The molecule has 8 heteroatoms. The van der Waals surface area contributed by atoms with E-state index in [9.17, 15) is 9.59 Å². The van der Waals surface area contributed by atoms with Gasteiger partial charge in [-0.25, -0.2) is 0 Å². The smallest absolute Gasteiger partial charge is 0.229 e. The molecular weight excluding hydrogens is 510 g/mol. The second-order valence-electron chi connectivity index (χ2n) is 8.31. The standard InChI is InChI=1S/C24H23BrClN3O2S/c25-15-7-3-6-13(11-15)19-20-17(9-4-10-18(20)30)27-22-21(19)23(31)29-24(28-22)32-12-14-5-1-2-8-16(14)26/h1-3,5-8,11,19,21-22,24,27-28H,4,9-10,12H2,(H,29,31). The number of ketones is 1. The van der Waals surface area contributed by atoms with E-state index in [4.69, 9.17) is 11.6 Å². The number of allylic oxidation sites excluding steroid dienone is 2. The van der Waals surface area contributed by atoms with Crippen LogP contribution in [0.2, 0.25) is 5.02 Å². The van der Waals surface area contributed by atoms with Gasteiger partial charge in [0.2, 0.25) is 5.91 Å². The van der Waals surface area contributed by atoms with E-state index in [-0.39, 0.29) is 29.3 Å². The first kappa shape index (κ1) is 22.0. The third kappa shape index (κ3) is 4.23. The summed E-state index contributed by atoms with van der Waals surface area (Å²) in [5, 5.41) is 10.9.